The van der Waals surface area contributed by atoms with Gasteiger partial charge in [0.25, 0.3) is 0 Å². The molecule has 1 heterocycles. The number of nitrogens with zero attached hydrogens (tertiary/aromatic N) is 2. The van der Waals surface area contributed by atoms with E-state index in [4.69, 9.17) is 16.5 Å². The third kappa shape index (κ3) is 6.14. The minimum Gasteiger partial charge on any atom is -0.228 e. The molecule has 276 valence electrons. The Balaban J connectivity index is 0.956. The van der Waals surface area contributed by atoms with Crippen molar-refractivity contribution >= 4 is 43.5 Å². The van der Waals surface area contributed by atoms with Gasteiger partial charge < -0.3 is 0 Å². The average molecular weight is 751 g/mol. The van der Waals surface area contributed by atoms with Gasteiger partial charge in [0.15, 0.2) is 5.82 Å². The van der Waals surface area contributed by atoms with E-state index >= 15 is 0 Å². The summed E-state index contributed by atoms with van der Waals surface area (Å²) in [6.45, 7) is 4.69. The number of hydrogen-bond donors (Lipinski definition) is 0. The third-order valence-corrected chi connectivity index (χ3v) is 11.9. The molecule has 11 rings (SSSR count). The summed E-state index contributed by atoms with van der Waals surface area (Å²) in [5.41, 5.74) is 14.6. The smallest absolute Gasteiger partial charge is 0.161 e. The summed E-state index contributed by atoms with van der Waals surface area (Å²) in [6, 6.07) is 73.6. The van der Waals surface area contributed by atoms with E-state index in [0.29, 0.717) is 5.82 Å². The monoisotopic (exact) mass is 750 g/mol. The molecular formula is C57H38N2. The maximum Gasteiger partial charge on any atom is 0.161 e. The average Bonchev–Trinajstić information content (AvgIpc) is 3.31. The molecule has 0 bridgehead atoms. The minimum absolute atomic E-state index is 0.0555. The maximum atomic E-state index is 5.24. The van der Waals surface area contributed by atoms with Gasteiger partial charge in [0, 0.05) is 22.6 Å². The van der Waals surface area contributed by atoms with Crippen molar-refractivity contribution in [3.05, 3.63) is 241 Å². The molecule has 9 aromatic carbocycles. The van der Waals surface area contributed by atoms with Crippen molar-refractivity contribution in [3.63, 3.8) is 0 Å². The van der Waals surface area contributed by atoms with Crippen LogP contribution in [0.15, 0.2) is 219 Å². The predicted molar refractivity (Wildman–Crippen MR) is 248 cm³/mol. The van der Waals surface area contributed by atoms with Gasteiger partial charge in [-0.25, -0.2) is 9.97 Å². The SMILES string of the molecule is C=C1c2ccc3ccccc3c2C(c2ccccc2)=CC1c1ccc(-c2ccc(-c3cc(-c4cccc5ccccc45)nc(-c4cccc5ccccc45)n3)cc2)cc1. The van der Waals surface area contributed by atoms with Crippen LogP contribution in [0.2, 0.25) is 0 Å². The predicted octanol–water partition coefficient (Wildman–Crippen LogP) is 14.8. The summed E-state index contributed by atoms with van der Waals surface area (Å²) >= 11 is 0. The Morgan fingerprint density at radius 1 is 0.373 bits per heavy atom. The number of rotatable bonds is 6. The van der Waals surface area contributed by atoms with Gasteiger partial charge in [0.2, 0.25) is 0 Å². The van der Waals surface area contributed by atoms with Crippen LogP contribution in [0.1, 0.15) is 28.2 Å². The number of benzene rings is 9. The Labute approximate surface area is 344 Å². The summed E-state index contributed by atoms with van der Waals surface area (Å²) in [7, 11) is 0. The molecule has 2 heteroatoms. The molecule has 2 nitrogen and oxygen atoms in total. The van der Waals surface area contributed by atoms with Crippen molar-refractivity contribution in [2.24, 2.45) is 0 Å². The van der Waals surface area contributed by atoms with E-state index in [-0.39, 0.29) is 5.92 Å². The number of aromatic nitrogens is 2. The van der Waals surface area contributed by atoms with Gasteiger partial charge in [-0.15, -0.1) is 0 Å². The van der Waals surface area contributed by atoms with Gasteiger partial charge in [0.05, 0.1) is 11.4 Å². The molecule has 1 aliphatic rings. The molecule has 0 saturated carbocycles. The first kappa shape index (κ1) is 34.6. The largest absolute Gasteiger partial charge is 0.228 e. The highest BCUT2D eigenvalue weighted by atomic mass is 14.9. The van der Waals surface area contributed by atoms with E-state index in [1.165, 1.54) is 54.8 Å². The highest BCUT2D eigenvalue weighted by Crippen LogP contribution is 2.47. The Morgan fingerprint density at radius 3 is 1.59 bits per heavy atom. The first-order chi connectivity index (χ1) is 29.2. The third-order valence-electron chi connectivity index (χ3n) is 11.9. The van der Waals surface area contributed by atoms with Crippen molar-refractivity contribution in [3.8, 4) is 45.0 Å². The fourth-order valence-corrected chi connectivity index (χ4v) is 8.94. The van der Waals surface area contributed by atoms with E-state index in [2.05, 4.69) is 212 Å². The second kappa shape index (κ2) is 14.4. The van der Waals surface area contributed by atoms with Crippen molar-refractivity contribution in [2.45, 2.75) is 5.92 Å². The molecule has 0 aliphatic heterocycles. The van der Waals surface area contributed by atoms with Gasteiger partial charge in [-0.1, -0.05) is 213 Å². The molecule has 10 aromatic rings. The van der Waals surface area contributed by atoms with Crippen LogP contribution in [0.3, 0.4) is 0 Å². The molecule has 1 aromatic heterocycles. The van der Waals surface area contributed by atoms with Crippen LogP contribution < -0.4 is 0 Å². The lowest BCUT2D eigenvalue weighted by Gasteiger charge is -2.29. The Morgan fingerprint density at radius 2 is 0.898 bits per heavy atom. The van der Waals surface area contributed by atoms with Crippen molar-refractivity contribution in [1.82, 2.24) is 9.97 Å². The second-order valence-corrected chi connectivity index (χ2v) is 15.4. The fourth-order valence-electron chi connectivity index (χ4n) is 8.94. The number of hydrogen-bond acceptors (Lipinski definition) is 2. The highest BCUT2D eigenvalue weighted by molar-refractivity contribution is 6.05. The van der Waals surface area contributed by atoms with Crippen LogP contribution in [0.25, 0.3) is 88.5 Å². The van der Waals surface area contributed by atoms with Gasteiger partial charge in [-0.3, -0.25) is 0 Å². The van der Waals surface area contributed by atoms with E-state index < -0.39 is 0 Å². The van der Waals surface area contributed by atoms with Crippen molar-refractivity contribution in [1.29, 1.82) is 0 Å². The van der Waals surface area contributed by atoms with Gasteiger partial charge in [-0.05, 0) is 82.9 Å². The Hall–Kier alpha value is -7.68. The minimum atomic E-state index is 0.0555. The number of fused-ring (bicyclic) bond motifs is 5. The first-order valence-corrected chi connectivity index (χ1v) is 20.2. The molecule has 0 amide bonds. The van der Waals surface area contributed by atoms with Crippen LogP contribution in [-0.2, 0) is 0 Å². The molecule has 0 N–H and O–H groups in total. The van der Waals surface area contributed by atoms with E-state index in [1.807, 2.05) is 0 Å². The fraction of sp³-hybridized carbons (Fsp3) is 0.0175. The van der Waals surface area contributed by atoms with Crippen LogP contribution in [0.4, 0.5) is 0 Å². The summed E-state index contributed by atoms with van der Waals surface area (Å²) in [5, 5.41) is 7.16. The lowest BCUT2D eigenvalue weighted by atomic mass is 9.75. The van der Waals surface area contributed by atoms with Crippen LogP contribution in [0, 0.1) is 0 Å². The zero-order valence-electron chi connectivity index (χ0n) is 32.4. The molecule has 0 saturated heterocycles. The standard InChI is InChI=1S/C57H38N2/c1-37-46-34-33-43-17-7-10-22-49(43)56(46)53(42-13-3-2-4-14-42)35-52(37)44-29-25-38(26-30-44)39-27-31-45(32-28-39)54-36-55(50-23-11-18-40-15-5-8-20-47(40)50)59-57(58-54)51-24-12-19-41-16-6-9-21-48(41)51/h2-36,52H,1H2. The molecule has 1 aliphatic carbocycles. The molecule has 0 fully saturated rings. The zero-order valence-corrected chi connectivity index (χ0v) is 32.4. The van der Waals surface area contributed by atoms with Crippen molar-refractivity contribution < 1.29 is 0 Å². The van der Waals surface area contributed by atoms with Crippen LogP contribution >= 0.6 is 0 Å². The van der Waals surface area contributed by atoms with Gasteiger partial charge in [0.1, 0.15) is 0 Å². The quantitative estimate of drug-likeness (QED) is 0.169. The summed E-state index contributed by atoms with van der Waals surface area (Å²) in [4.78, 5) is 10.5. The normalized spacial score (nSPS) is 13.7. The maximum absolute atomic E-state index is 5.24. The summed E-state index contributed by atoms with van der Waals surface area (Å²) in [6.07, 6.45) is 2.41. The molecule has 59 heavy (non-hydrogen) atoms. The molecule has 0 radical (unpaired) electrons. The molecular weight excluding hydrogens is 713 g/mol. The molecule has 0 spiro atoms. The Bertz CT molecular complexity index is 3160. The van der Waals surface area contributed by atoms with Crippen LogP contribution in [-0.4, -0.2) is 9.97 Å². The van der Waals surface area contributed by atoms with E-state index in [1.54, 1.807) is 0 Å². The summed E-state index contributed by atoms with van der Waals surface area (Å²) in [5.74, 6) is 0.770. The van der Waals surface area contributed by atoms with E-state index in [9.17, 15) is 0 Å². The highest BCUT2D eigenvalue weighted by Gasteiger charge is 2.27. The lowest BCUT2D eigenvalue weighted by molar-refractivity contribution is 1.09. The molecule has 1 atom stereocenters. The van der Waals surface area contributed by atoms with E-state index in [0.717, 1.165) is 50.2 Å². The second-order valence-electron chi connectivity index (χ2n) is 15.4. The molecule has 1 unspecified atom stereocenters. The zero-order chi connectivity index (χ0) is 39.3. The van der Waals surface area contributed by atoms with Gasteiger partial charge in [-0.2, -0.15) is 0 Å². The van der Waals surface area contributed by atoms with Crippen LogP contribution in [0.5, 0.6) is 0 Å². The van der Waals surface area contributed by atoms with Crippen molar-refractivity contribution in [2.75, 3.05) is 0 Å². The van der Waals surface area contributed by atoms with Gasteiger partial charge >= 0.3 is 0 Å². The number of allylic oxidation sites excluding steroid dienone is 2. The Kier molecular flexibility index (Phi) is 8.41. The topological polar surface area (TPSA) is 25.8 Å². The summed E-state index contributed by atoms with van der Waals surface area (Å²) < 4.78 is 0. The first-order valence-electron chi connectivity index (χ1n) is 20.2. The lowest BCUT2D eigenvalue weighted by Crippen LogP contribution is -2.09.